The van der Waals surface area contributed by atoms with Gasteiger partial charge in [-0.3, -0.25) is 9.40 Å². The first-order valence-electron chi connectivity index (χ1n) is 6.34. The van der Waals surface area contributed by atoms with Gasteiger partial charge in [-0.2, -0.15) is 5.10 Å². The molecule has 1 aromatic carbocycles. The number of rotatable bonds is 6. The molecular formula is C13H16FN3O3S. The summed E-state index contributed by atoms with van der Waals surface area (Å²) in [7, 11) is -3.89. The maximum absolute atomic E-state index is 13.6. The predicted octanol–water partition coefficient (Wildman–Crippen LogP) is 1.51. The van der Waals surface area contributed by atoms with Crippen LogP contribution in [0.25, 0.3) is 0 Å². The third-order valence-corrected chi connectivity index (χ3v) is 4.15. The van der Waals surface area contributed by atoms with E-state index in [1.54, 1.807) is 13.0 Å². The fraction of sp³-hybridized carbons (Fsp3) is 0.308. The van der Waals surface area contributed by atoms with Gasteiger partial charge in [-0.25, -0.2) is 12.8 Å². The summed E-state index contributed by atoms with van der Waals surface area (Å²) in [6.45, 7) is 2.14. The molecule has 1 aromatic heterocycles. The number of halogens is 1. The normalized spacial score (nSPS) is 11.6. The first-order valence-corrected chi connectivity index (χ1v) is 7.83. The molecule has 0 aliphatic rings. The lowest BCUT2D eigenvalue weighted by Gasteiger charge is -2.08. The second-order valence-corrected chi connectivity index (χ2v) is 6.29. The van der Waals surface area contributed by atoms with Crippen LogP contribution in [0.4, 0.5) is 10.1 Å². The van der Waals surface area contributed by atoms with Gasteiger partial charge in [-0.15, -0.1) is 0 Å². The number of aromatic nitrogens is 2. The number of sulfonamides is 1. The maximum Gasteiger partial charge on any atom is 0.265 e. The van der Waals surface area contributed by atoms with Crippen molar-refractivity contribution in [2.24, 2.45) is 0 Å². The minimum Gasteiger partial charge on any atom is -0.396 e. The van der Waals surface area contributed by atoms with Crippen molar-refractivity contribution in [1.29, 1.82) is 0 Å². The molecule has 114 valence electrons. The molecule has 0 fully saturated rings. The molecular weight excluding hydrogens is 297 g/mol. The lowest BCUT2D eigenvalue weighted by molar-refractivity contribution is 0.277. The topological polar surface area (TPSA) is 84.2 Å². The number of benzene rings is 1. The molecule has 1 heterocycles. The zero-order valence-electron chi connectivity index (χ0n) is 11.5. The number of hydrogen-bond acceptors (Lipinski definition) is 4. The van der Waals surface area contributed by atoms with Crippen molar-refractivity contribution < 1.29 is 17.9 Å². The van der Waals surface area contributed by atoms with Crippen LogP contribution in [0.15, 0.2) is 35.5 Å². The molecule has 0 atom stereocenters. The van der Waals surface area contributed by atoms with Gasteiger partial charge in [0.2, 0.25) is 0 Å². The van der Waals surface area contributed by atoms with Crippen LogP contribution < -0.4 is 4.72 Å². The lowest BCUT2D eigenvalue weighted by Crippen LogP contribution is -2.13. The van der Waals surface area contributed by atoms with Gasteiger partial charge in [0, 0.05) is 19.3 Å². The molecule has 0 amide bonds. The van der Waals surface area contributed by atoms with E-state index in [1.807, 2.05) is 0 Å². The van der Waals surface area contributed by atoms with E-state index in [-0.39, 0.29) is 17.2 Å². The summed E-state index contributed by atoms with van der Waals surface area (Å²) in [6, 6.07) is 4.18. The Morgan fingerprint density at radius 3 is 2.90 bits per heavy atom. The molecule has 0 unspecified atom stereocenters. The Balaban J connectivity index is 2.22. The van der Waals surface area contributed by atoms with Crippen molar-refractivity contribution in [3.8, 4) is 0 Å². The highest BCUT2D eigenvalue weighted by Crippen LogP contribution is 2.20. The summed E-state index contributed by atoms with van der Waals surface area (Å²) in [4.78, 5) is -0.0543. The number of aliphatic hydroxyl groups is 1. The Bertz CT molecular complexity index is 728. The summed E-state index contributed by atoms with van der Waals surface area (Å²) in [5, 5.41) is 12.6. The quantitative estimate of drug-likeness (QED) is 0.847. The van der Waals surface area contributed by atoms with Crippen LogP contribution in [0, 0.1) is 12.7 Å². The number of aliphatic hydroxyl groups excluding tert-OH is 1. The molecule has 0 radical (unpaired) electrons. The van der Waals surface area contributed by atoms with Gasteiger partial charge in [0.15, 0.2) is 0 Å². The second-order valence-electron chi connectivity index (χ2n) is 4.61. The average Bonchev–Trinajstić information content (AvgIpc) is 2.90. The van der Waals surface area contributed by atoms with Crippen molar-refractivity contribution in [2.45, 2.75) is 24.8 Å². The third-order valence-electron chi connectivity index (χ3n) is 2.83. The summed E-state index contributed by atoms with van der Waals surface area (Å²) < 4.78 is 41.6. The minimum atomic E-state index is -3.89. The molecule has 0 saturated heterocycles. The van der Waals surface area contributed by atoms with Crippen LogP contribution in [0.5, 0.6) is 0 Å². The van der Waals surface area contributed by atoms with Crippen molar-refractivity contribution in [1.82, 2.24) is 9.78 Å². The van der Waals surface area contributed by atoms with Gasteiger partial charge in [0.25, 0.3) is 10.0 Å². The largest absolute Gasteiger partial charge is 0.396 e. The van der Waals surface area contributed by atoms with E-state index >= 15 is 0 Å². The van der Waals surface area contributed by atoms with Crippen molar-refractivity contribution in [3.05, 3.63) is 42.0 Å². The fourth-order valence-corrected chi connectivity index (χ4v) is 2.77. The highest BCUT2D eigenvalue weighted by atomic mass is 32.2. The molecule has 21 heavy (non-hydrogen) atoms. The Kier molecular flexibility index (Phi) is 4.59. The molecule has 0 bridgehead atoms. The van der Waals surface area contributed by atoms with E-state index in [4.69, 9.17) is 5.11 Å². The Morgan fingerprint density at radius 1 is 1.43 bits per heavy atom. The molecule has 2 rings (SSSR count). The molecule has 0 spiro atoms. The van der Waals surface area contributed by atoms with E-state index in [2.05, 4.69) is 9.82 Å². The fourth-order valence-electron chi connectivity index (χ4n) is 1.76. The summed E-state index contributed by atoms with van der Waals surface area (Å²) in [5.41, 5.74) is 0.644. The highest BCUT2D eigenvalue weighted by Gasteiger charge is 2.18. The monoisotopic (exact) mass is 313 g/mol. The van der Waals surface area contributed by atoms with Gasteiger partial charge in [-0.05, 0) is 31.0 Å². The van der Waals surface area contributed by atoms with Gasteiger partial charge < -0.3 is 5.11 Å². The number of hydrogen-bond donors (Lipinski definition) is 2. The third kappa shape index (κ3) is 3.79. The van der Waals surface area contributed by atoms with E-state index < -0.39 is 15.8 Å². The Morgan fingerprint density at radius 2 is 2.19 bits per heavy atom. The zero-order chi connectivity index (χ0) is 15.5. The number of nitrogens with zero attached hydrogens (tertiary/aromatic N) is 2. The summed E-state index contributed by atoms with van der Waals surface area (Å²) >= 11 is 0. The number of aryl methyl sites for hydroxylation is 2. The zero-order valence-corrected chi connectivity index (χ0v) is 12.3. The molecule has 0 aliphatic heterocycles. The number of nitrogens with one attached hydrogen (secondary N) is 1. The maximum atomic E-state index is 13.6. The molecule has 0 saturated carbocycles. The van der Waals surface area contributed by atoms with Crippen LogP contribution in [0.1, 0.15) is 12.0 Å². The van der Waals surface area contributed by atoms with Crippen LogP contribution in [-0.2, 0) is 16.6 Å². The van der Waals surface area contributed by atoms with Crippen LogP contribution >= 0.6 is 0 Å². The minimum absolute atomic E-state index is 0.00526. The predicted molar refractivity (Wildman–Crippen MR) is 75.9 cm³/mol. The van der Waals surface area contributed by atoms with Crippen molar-refractivity contribution in [2.75, 3.05) is 11.3 Å². The second kappa shape index (κ2) is 6.23. The summed E-state index contributed by atoms with van der Waals surface area (Å²) in [6.07, 6.45) is 3.00. The molecule has 6 nitrogen and oxygen atoms in total. The molecule has 2 aromatic rings. The number of anilines is 1. The van der Waals surface area contributed by atoms with E-state index in [9.17, 15) is 12.8 Å². The Hall–Kier alpha value is -1.93. The summed E-state index contributed by atoms with van der Waals surface area (Å²) in [5.74, 6) is -0.642. The highest BCUT2D eigenvalue weighted by molar-refractivity contribution is 7.92. The van der Waals surface area contributed by atoms with Crippen molar-refractivity contribution in [3.63, 3.8) is 0 Å². The van der Waals surface area contributed by atoms with E-state index in [0.717, 1.165) is 5.56 Å². The van der Waals surface area contributed by atoms with Gasteiger partial charge in [0.1, 0.15) is 10.7 Å². The smallest absolute Gasteiger partial charge is 0.265 e. The van der Waals surface area contributed by atoms with E-state index in [0.29, 0.717) is 13.0 Å². The first-order chi connectivity index (χ1) is 9.92. The van der Waals surface area contributed by atoms with E-state index in [1.165, 1.54) is 29.2 Å². The average molecular weight is 313 g/mol. The van der Waals surface area contributed by atoms with Gasteiger partial charge >= 0.3 is 0 Å². The van der Waals surface area contributed by atoms with Gasteiger partial charge in [0.05, 0.1) is 11.9 Å². The van der Waals surface area contributed by atoms with Crippen LogP contribution in [0.3, 0.4) is 0 Å². The van der Waals surface area contributed by atoms with Crippen molar-refractivity contribution >= 4 is 15.7 Å². The lowest BCUT2D eigenvalue weighted by atomic mass is 10.2. The molecule has 2 N–H and O–H groups in total. The SMILES string of the molecule is Cc1ccc(F)c(NS(=O)(=O)c2cnn(CCCO)c2)c1. The molecule has 8 heteroatoms. The van der Waals surface area contributed by atoms with Gasteiger partial charge in [-0.1, -0.05) is 6.07 Å². The standard InChI is InChI=1S/C13H16FN3O3S/c1-10-3-4-12(14)13(7-10)16-21(19,20)11-8-15-17(9-11)5-2-6-18/h3-4,7-9,16,18H,2,5-6H2,1H3. The molecule has 0 aliphatic carbocycles. The van der Waals surface area contributed by atoms with Crippen LogP contribution in [-0.4, -0.2) is 29.9 Å². The Labute approximate surface area is 122 Å². The first kappa shape index (κ1) is 15.5. The van der Waals surface area contributed by atoms with Crippen LogP contribution in [0.2, 0.25) is 0 Å².